The number of aromatic amines is 1. The number of benzene rings is 1. The smallest absolute Gasteiger partial charge is 0.279 e. The Balaban J connectivity index is 2.02. The third-order valence-corrected chi connectivity index (χ3v) is 5.30. The summed E-state index contributed by atoms with van der Waals surface area (Å²) in [5, 5.41) is 10.4. The molecule has 0 aliphatic carbocycles. The largest absolute Gasteiger partial charge is 0.493 e. The summed E-state index contributed by atoms with van der Waals surface area (Å²) in [6, 6.07) is 7.36. The van der Waals surface area contributed by atoms with Crippen LogP contribution in [0.25, 0.3) is 22.6 Å². The van der Waals surface area contributed by atoms with Crippen LogP contribution >= 0.6 is 0 Å². The number of fused-ring (bicyclic) bond motifs is 1. The van der Waals surface area contributed by atoms with Crippen molar-refractivity contribution in [1.82, 2.24) is 19.5 Å². The van der Waals surface area contributed by atoms with Gasteiger partial charge in [-0.15, -0.1) is 0 Å². The Morgan fingerprint density at radius 1 is 1.17 bits per heavy atom. The zero-order chi connectivity index (χ0) is 21.5. The van der Waals surface area contributed by atoms with E-state index in [4.69, 9.17) is 9.72 Å². The molecular formula is C23H32N4O3. The molecule has 1 aromatic carbocycles. The highest BCUT2D eigenvalue weighted by molar-refractivity contribution is 5.74. The fourth-order valence-electron chi connectivity index (χ4n) is 3.69. The molecule has 2 N–H and O–H groups in total. The van der Waals surface area contributed by atoms with Gasteiger partial charge in [-0.2, -0.15) is 0 Å². The van der Waals surface area contributed by atoms with E-state index in [9.17, 15) is 9.90 Å². The van der Waals surface area contributed by atoms with Gasteiger partial charge in [-0.25, -0.2) is 9.97 Å². The van der Waals surface area contributed by atoms with Crippen LogP contribution in [-0.4, -0.2) is 37.3 Å². The lowest BCUT2D eigenvalue weighted by Crippen LogP contribution is -2.22. The first kappa shape index (κ1) is 22.0. The molecule has 0 aliphatic heterocycles. The minimum absolute atomic E-state index is 0.180. The average molecular weight is 413 g/mol. The Bertz CT molecular complexity index is 1010. The number of nitrogens with zero attached hydrogens (tertiary/aromatic N) is 3. The topological polar surface area (TPSA) is 93.0 Å². The van der Waals surface area contributed by atoms with Crippen molar-refractivity contribution in [2.75, 3.05) is 6.61 Å². The van der Waals surface area contributed by atoms with Crippen LogP contribution in [0.4, 0.5) is 0 Å². The van der Waals surface area contributed by atoms with Gasteiger partial charge in [0.25, 0.3) is 5.56 Å². The molecular weight excluding hydrogens is 380 g/mol. The third kappa shape index (κ3) is 4.90. The predicted molar refractivity (Wildman–Crippen MR) is 119 cm³/mol. The Labute approximate surface area is 177 Å². The fraction of sp³-hybridized carbons (Fsp3) is 0.522. The van der Waals surface area contributed by atoms with Gasteiger partial charge in [-0.1, -0.05) is 51.7 Å². The summed E-state index contributed by atoms with van der Waals surface area (Å²) in [4.78, 5) is 24.6. The summed E-state index contributed by atoms with van der Waals surface area (Å²) in [6.07, 6.45) is 7.20. The van der Waals surface area contributed by atoms with Crippen molar-refractivity contribution in [3.05, 3.63) is 40.9 Å². The molecule has 2 aromatic heterocycles. The normalized spacial score (nSPS) is 13.5. The molecule has 0 saturated heterocycles. The number of para-hydroxylation sites is 1. The molecule has 3 aromatic rings. The number of H-pyrrole nitrogens is 1. The predicted octanol–water partition coefficient (Wildman–Crippen LogP) is 4.47. The highest BCUT2D eigenvalue weighted by atomic mass is 16.5. The Hall–Kier alpha value is -2.67. The number of imidazole rings is 1. The fourth-order valence-corrected chi connectivity index (χ4v) is 3.69. The molecule has 0 saturated carbocycles. The lowest BCUT2D eigenvalue weighted by molar-refractivity contribution is 0.124. The number of aromatic nitrogens is 4. The highest BCUT2D eigenvalue weighted by Gasteiger charge is 2.22. The maximum Gasteiger partial charge on any atom is 0.279 e. The number of hydrogen-bond donors (Lipinski definition) is 2. The zero-order valence-electron chi connectivity index (χ0n) is 18.1. The quantitative estimate of drug-likeness (QED) is 0.453. The molecule has 2 atom stereocenters. The van der Waals surface area contributed by atoms with Crippen molar-refractivity contribution >= 4 is 11.2 Å². The molecule has 0 fully saturated rings. The van der Waals surface area contributed by atoms with E-state index in [0.29, 0.717) is 23.8 Å². The molecule has 2 heterocycles. The maximum atomic E-state index is 12.7. The zero-order valence-corrected chi connectivity index (χ0v) is 18.1. The van der Waals surface area contributed by atoms with Crippen LogP contribution in [0, 0.1) is 0 Å². The Kier molecular flexibility index (Phi) is 7.63. The van der Waals surface area contributed by atoms with Crippen molar-refractivity contribution in [3.63, 3.8) is 0 Å². The number of aliphatic hydroxyl groups excluding tert-OH is 1. The number of ether oxygens (including phenoxy) is 1. The molecule has 2 unspecified atom stereocenters. The second kappa shape index (κ2) is 10.4. The summed E-state index contributed by atoms with van der Waals surface area (Å²) in [5.41, 5.74) is 1.20. The number of hydrogen-bond acceptors (Lipinski definition) is 5. The van der Waals surface area contributed by atoms with Gasteiger partial charge in [-0.05, 0) is 31.9 Å². The molecule has 162 valence electrons. The second-order valence-electron chi connectivity index (χ2n) is 7.74. The molecule has 3 rings (SSSR count). The molecule has 0 amide bonds. The minimum Gasteiger partial charge on any atom is -0.493 e. The molecule has 30 heavy (non-hydrogen) atoms. The standard InChI is InChI=1S/C23H32N4O3/c1-4-6-7-8-12-18(16(3)28)27-15-24-20-22(27)25-21(26-23(20)29)17-11-9-10-13-19(17)30-14-5-2/h9-11,13,15-16,18,28H,4-8,12,14H2,1-3H3,(H,25,26,29). The maximum absolute atomic E-state index is 12.7. The molecule has 0 radical (unpaired) electrons. The molecule has 0 aliphatic rings. The van der Waals surface area contributed by atoms with E-state index >= 15 is 0 Å². The summed E-state index contributed by atoms with van der Waals surface area (Å²) >= 11 is 0. The van der Waals surface area contributed by atoms with Gasteiger partial charge >= 0.3 is 0 Å². The van der Waals surface area contributed by atoms with Gasteiger partial charge in [0.05, 0.1) is 30.6 Å². The Morgan fingerprint density at radius 2 is 1.97 bits per heavy atom. The van der Waals surface area contributed by atoms with Gasteiger partial charge in [0, 0.05) is 0 Å². The first-order valence-corrected chi connectivity index (χ1v) is 10.9. The monoisotopic (exact) mass is 412 g/mol. The van der Waals surface area contributed by atoms with E-state index in [1.165, 1.54) is 6.42 Å². The van der Waals surface area contributed by atoms with Gasteiger partial charge in [0.2, 0.25) is 0 Å². The van der Waals surface area contributed by atoms with Crippen LogP contribution < -0.4 is 10.3 Å². The van der Waals surface area contributed by atoms with E-state index in [1.54, 1.807) is 13.3 Å². The van der Waals surface area contributed by atoms with Crippen LogP contribution in [0.2, 0.25) is 0 Å². The van der Waals surface area contributed by atoms with Crippen molar-refractivity contribution in [2.24, 2.45) is 0 Å². The van der Waals surface area contributed by atoms with E-state index in [2.05, 4.69) is 16.9 Å². The number of rotatable bonds is 11. The lowest BCUT2D eigenvalue weighted by atomic mass is 10.0. The second-order valence-corrected chi connectivity index (χ2v) is 7.74. The number of unbranched alkanes of at least 4 members (excludes halogenated alkanes) is 3. The number of aliphatic hydroxyl groups is 1. The summed E-state index contributed by atoms with van der Waals surface area (Å²) in [5.74, 6) is 1.12. The third-order valence-electron chi connectivity index (χ3n) is 5.30. The molecule has 0 spiro atoms. The lowest BCUT2D eigenvalue weighted by Gasteiger charge is -2.22. The van der Waals surface area contributed by atoms with E-state index in [0.717, 1.165) is 37.7 Å². The van der Waals surface area contributed by atoms with Crippen LogP contribution in [-0.2, 0) is 0 Å². The van der Waals surface area contributed by atoms with E-state index in [1.807, 2.05) is 35.8 Å². The van der Waals surface area contributed by atoms with Gasteiger partial charge < -0.3 is 19.4 Å². The summed E-state index contributed by atoms with van der Waals surface area (Å²) in [6.45, 7) is 6.58. The van der Waals surface area contributed by atoms with E-state index in [-0.39, 0.29) is 17.1 Å². The highest BCUT2D eigenvalue weighted by Crippen LogP contribution is 2.29. The van der Waals surface area contributed by atoms with Crippen LogP contribution in [0.1, 0.15) is 65.3 Å². The van der Waals surface area contributed by atoms with Crippen LogP contribution in [0.3, 0.4) is 0 Å². The first-order valence-electron chi connectivity index (χ1n) is 10.9. The Morgan fingerprint density at radius 3 is 2.70 bits per heavy atom. The van der Waals surface area contributed by atoms with Crippen molar-refractivity contribution in [1.29, 1.82) is 0 Å². The van der Waals surface area contributed by atoms with E-state index < -0.39 is 6.10 Å². The average Bonchev–Trinajstić information content (AvgIpc) is 3.16. The molecule has 7 heteroatoms. The SMILES string of the molecule is CCCCCCC(C(C)O)n1cnc2c(=O)[nH]c(-c3ccccc3OCCC)nc21. The van der Waals surface area contributed by atoms with Gasteiger partial charge in [0.15, 0.2) is 11.2 Å². The molecule has 0 bridgehead atoms. The van der Waals surface area contributed by atoms with Crippen molar-refractivity contribution < 1.29 is 9.84 Å². The first-order chi connectivity index (χ1) is 14.6. The van der Waals surface area contributed by atoms with Crippen molar-refractivity contribution in [2.45, 2.75) is 71.4 Å². The van der Waals surface area contributed by atoms with Crippen molar-refractivity contribution in [3.8, 4) is 17.1 Å². The van der Waals surface area contributed by atoms with Gasteiger partial charge in [-0.3, -0.25) is 4.79 Å². The number of nitrogens with one attached hydrogen (secondary N) is 1. The van der Waals surface area contributed by atoms with Crippen LogP contribution in [0.5, 0.6) is 5.75 Å². The summed E-state index contributed by atoms with van der Waals surface area (Å²) in [7, 11) is 0. The van der Waals surface area contributed by atoms with Gasteiger partial charge in [0.1, 0.15) is 11.6 Å². The minimum atomic E-state index is -0.575. The summed E-state index contributed by atoms with van der Waals surface area (Å²) < 4.78 is 7.69. The molecule has 7 nitrogen and oxygen atoms in total. The van der Waals surface area contributed by atoms with Crippen LogP contribution in [0.15, 0.2) is 35.4 Å².